The molecular weight excluding hydrogens is 370 g/mol. The molecule has 28 heavy (non-hydrogen) atoms. The largest absolute Gasteiger partial charge is 0.352 e. The van der Waals surface area contributed by atoms with Crippen LogP contribution in [0.3, 0.4) is 0 Å². The lowest BCUT2D eigenvalue weighted by Crippen LogP contribution is -2.37. The van der Waals surface area contributed by atoms with Gasteiger partial charge in [0.05, 0.1) is 4.88 Å². The lowest BCUT2D eigenvalue weighted by atomic mass is 9.87. The fourth-order valence-electron chi connectivity index (χ4n) is 4.05. The van der Waals surface area contributed by atoms with Gasteiger partial charge in [-0.3, -0.25) is 14.6 Å². The Bertz CT molecular complexity index is 841. The second-order valence-electron chi connectivity index (χ2n) is 8.05. The predicted octanol–water partition coefficient (Wildman–Crippen LogP) is 3.44. The number of likely N-dealkylation sites (tertiary alicyclic amines) is 1. The van der Waals surface area contributed by atoms with Crippen LogP contribution in [-0.2, 0) is 24.2 Å². The van der Waals surface area contributed by atoms with Crippen LogP contribution in [0.25, 0.3) is 0 Å². The number of hydrogen-bond donors (Lipinski definition) is 1. The van der Waals surface area contributed by atoms with Crippen molar-refractivity contribution in [3.05, 3.63) is 51.5 Å². The molecule has 1 fully saturated rings. The van der Waals surface area contributed by atoms with Crippen molar-refractivity contribution in [3.63, 3.8) is 0 Å². The topological polar surface area (TPSA) is 62.3 Å². The number of thiophene rings is 1. The second kappa shape index (κ2) is 8.43. The molecule has 1 saturated heterocycles. The minimum absolute atomic E-state index is 0.0114. The molecular formula is C22H27N3O2S. The number of hydrogen-bond acceptors (Lipinski definition) is 4. The third-order valence-corrected chi connectivity index (χ3v) is 7.18. The average Bonchev–Trinajstić information content (AvgIpc) is 3.16. The highest BCUT2D eigenvalue weighted by atomic mass is 32.1. The first-order valence-electron chi connectivity index (χ1n) is 10.2. The van der Waals surface area contributed by atoms with Crippen molar-refractivity contribution in [2.75, 3.05) is 13.1 Å². The van der Waals surface area contributed by atoms with Gasteiger partial charge < -0.3 is 10.2 Å². The lowest BCUT2D eigenvalue weighted by Gasteiger charge is -2.29. The predicted molar refractivity (Wildman–Crippen MR) is 110 cm³/mol. The number of amides is 2. The molecule has 0 bridgehead atoms. The van der Waals surface area contributed by atoms with E-state index < -0.39 is 0 Å². The van der Waals surface area contributed by atoms with Gasteiger partial charge in [0, 0.05) is 42.8 Å². The van der Waals surface area contributed by atoms with E-state index in [1.807, 2.05) is 23.1 Å². The molecule has 0 saturated carbocycles. The van der Waals surface area contributed by atoms with E-state index in [0.717, 1.165) is 55.6 Å². The third-order valence-electron chi connectivity index (χ3n) is 5.95. The summed E-state index contributed by atoms with van der Waals surface area (Å²) >= 11 is 1.63. The van der Waals surface area contributed by atoms with E-state index in [1.54, 1.807) is 23.7 Å². The van der Waals surface area contributed by atoms with Gasteiger partial charge in [0.25, 0.3) is 5.91 Å². The lowest BCUT2D eigenvalue weighted by molar-refractivity contribution is -0.125. The molecule has 2 amide bonds. The van der Waals surface area contributed by atoms with E-state index >= 15 is 0 Å². The fraction of sp³-hybridized carbons (Fsp3) is 0.500. The Kier molecular flexibility index (Phi) is 5.76. The van der Waals surface area contributed by atoms with Crippen LogP contribution >= 0.6 is 11.3 Å². The normalized spacial score (nSPS) is 19.9. The Labute approximate surface area is 170 Å². The molecule has 1 aliphatic heterocycles. The number of piperidine rings is 1. The van der Waals surface area contributed by atoms with Gasteiger partial charge in [-0.15, -0.1) is 11.3 Å². The third kappa shape index (κ3) is 4.27. The Morgan fingerprint density at radius 2 is 1.96 bits per heavy atom. The summed E-state index contributed by atoms with van der Waals surface area (Å²) in [6.07, 6.45) is 8.14. The molecule has 5 nitrogen and oxygen atoms in total. The molecule has 0 radical (unpaired) electrons. The van der Waals surface area contributed by atoms with Gasteiger partial charge in [0.15, 0.2) is 0 Å². The summed E-state index contributed by atoms with van der Waals surface area (Å²) in [6.45, 7) is 4.52. The summed E-state index contributed by atoms with van der Waals surface area (Å²) < 4.78 is 0. The molecule has 1 aliphatic carbocycles. The van der Waals surface area contributed by atoms with Gasteiger partial charge in [-0.25, -0.2) is 0 Å². The number of nitrogens with one attached hydrogen (secondary N) is 1. The standard InChI is InChI=1S/C22H27N3O2S/c1-15-6-10-25(11-7-15)22(27)20-13-18-12-17(2-3-19(18)28-20)21(26)24-14-16-4-8-23-9-5-16/h4-5,8-9,13,15,17H,2-3,6-7,10-12,14H2,1H3,(H,24,26)/t17-/m0/s1. The highest BCUT2D eigenvalue weighted by Gasteiger charge is 2.29. The summed E-state index contributed by atoms with van der Waals surface area (Å²) in [4.78, 5) is 33.6. The quantitative estimate of drug-likeness (QED) is 0.860. The van der Waals surface area contributed by atoms with E-state index in [-0.39, 0.29) is 17.7 Å². The van der Waals surface area contributed by atoms with Crippen LogP contribution in [0.1, 0.15) is 51.9 Å². The van der Waals surface area contributed by atoms with Crippen LogP contribution in [0.15, 0.2) is 30.6 Å². The van der Waals surface area contributed by atoms with Crippen LogP contribution in [0, 0.1) is 11.8 Å². The summed E-state index contributed by atoms with van der Waals surface area (Å²) in [5.74, 6) is 0.978. The van der Waals surface area contributed by atoms with E-state index in [9.17, 15) is 9.59 Å². The van der Waals surface area contributed by atoms with E-state index in [0.29, 0.717) is 12.5 Å². The molecule has 6 heteroatoms. The zero-order valence-corrected chi connectivity index (χ0v) is 17.1. The first-order valence-corrected chi connectivity index (χ1v) is 11.0. The molecule has 0 unspecified atom stereocenters. The van der Waals surface area contributed by atoms with E-state index in [4.69, 9.17) is 0 Å². The zero-order valence-electron chi connectivity index (χ0n) is 16.3. The molecule has 0 aromatic carbocycles. The second-order valence-corrected chi connectivity index (χ2v) is 9.18. The van der Waals surface area contributed by atoms with Gasteiger partial charge in [0.2, 0.25) is 5.91 Å². The van der Waals surface area contributed by atoms with Crippen molar-refractivity contribution < 1.29 is 9.59 Å². The van der Waals surface area contributed by atoms with Gasteiger partial charge >= 0.3 is 0 Å². The van der Waals surface area contributed by atoms with Crippen molar-refractivity contribution in [1.82, 2.24) is 15.2 Å². The van der Waals surface area contributed by atoms with Gasteiger partial charge in [-0.05, 0) is 67.3 Å². The molecule has 3 heterocycles. The maximum absolute atomic E-state index is 12.9. The average molecular weight is 398 g/mol. The zero-order chi connectivity index (χ0) is 19.5. The van der Waals surface area contributed by atoms with Gasteiger partial charge in [-0.2, -0.15) is 0 Å². The number of pyridine rings is 1. The summed E-state index contributed by atoms with van der Waals surface area (Å²) in [5, 5.41) is 3.05. The van der Waals surface area contributed by atoms with Crippen molar-refractivity contribution in [3.8, 4) is 0 Å². The first kappa shape index (κ1) is 19.1. The van der Waals surface area contributed by atoms with E-state index in [1.165, 1.54) is 10.4 Å². The molecule has 2 aromatic heterocycles. The van der Waals surface area contributed by atoms with Crippen molar-refractivity contribution in [2.45, 2.75) is 45.6 Å². The molecule has 1 atom stereocenters. The SMILES string of the molecule is CC1CCN(C(=O)c2cc3c(s2)CC[C@H](C(=O)NCc2ccncc2)C3)CC1. The Balaban J connectivity index is 1.36. The van der Waals surface area contributed by atoms with Gasteiger partial charge in [0.1, 0.15) is 0 Å². The number of aromatic nitrogens is 1. The van der Waals surface area contributed by atoms with Gasteiger partial charge in [-0.1, -0.05) is 6.92 Å². The maximum atomic E-state index is 12.9. The number of carbonyl (C=O) groups excluding carboxylic acids is 2. The first-order chi connectivity index (χ1) is 13.6. The summed E-state index contributed by atoms with van der Waals surface area (Å²) in [6, 6.07) is 5.87. The number of aryl methyl sites for hydroxylation is 1. The monoisotopic (exact) mass is 397 g/mol. The molecule has 0 spiro atoms. The van der Waals surface area contributed by atoms with Crippen LogP contribution in [0.4, 0.5) is 0 Å². The minimum Gasteiger partial charge on any atom is -0.352 e. The van der Waals surface area contributed by atoms with Crippen molar-refractivity contribution in [1.29, 1.82) is 0 Å². The van der Waals surface area contributed by atoms with Crippen LogP contribution in [-0.4, -0.2) is 34.8 Å². The highest BCUT2D eigenvalue weighted by Crippen LogP contribution is 2.33. The van der Waals surface area contributed by atoms with Crippen molar-refractivity contribution in [2.24, 2.45) is 11.8 Å². The fourth-order valence-corrected chi connectivity index (χ4v) is 5.23. The Morgan fingerprint density at radius 3 is 2.71 bits per heavy atom. The molecule has 148 valence electrons. The molecule has 2 aliphatic rings. The Hall–Kier alpha value is -2.21. The minimum atomic E-state index is -0.0114. The number of carbonyl (C=O) groups is 2. The number of rotatable bonds is 4. The number of nitrogens with zero attached hydrogens (tertiary/aromatic N) is 2. The molecule has 1 N–H and O–H groups in total. The smallest absolute Gasteiger partial charge is 0.263 e. The van der Waals surface area contributed by atoms with Crippen LogP contribution < -0.4 is 5.32 Å². The highest BCUT2D eigenvalue weighted by molar-refractivity contribution is 7.14. The summed E-state index contributed by atoms with van der Waals surface area (Å²) in [5.41, 5.74) is 2.24. The number of fused-ring (bicyclic) bond motifs is 1. The molecule has 2 aromatic rings. The summed E-state index contributed by atoms with van der Waals surface area (Å²) in [7, 11) is 0. The van der Waals surface area contributed by atoms with E-state index in [2.05, 4.69) is 17.2 Å². The van der Waals surface area contributed by atoms with Crippen LogP contribution in [0.2, 0.25) is 0 Å². The van der Waals surface area contributed by atoms with Crippen LogP contribution in [0.5, 0.6) is 0 Å². The van der Waals surface area contributed by atoms with Crippen molar-refractivity contribution >= 4 is 23.2 Å². The Morgan fingerprint density at radius 1 is 1.21 bits per heavy atom. The molecule has 4 rings (SSSR count). The maximum Gasteiger partial charge on any atom is 0.263 e.